The third-order valence-corrected chi connectivity index (χ3v) is 4.29. The minimum Gasteiger partial charge on any atom is -0.494 e. The molecule has 98 valence electrons. The standard InChI is InChI=1S/C13H16BrNO3/c1-7-8(2)13(18-5)12(9(3)11(7)14)15(4)10(17)6-16/h6H,1-5H3. The fourth-order valence-corrected chi connectivity index (χ4v) is 2.40. The Morgan fingerprint density at radius 3 is 2.22 bits per heavy atom. The molecule has 0 fully saturated rings. The van der Waals surface area contributed by atoms with Gasteiger partial charge in [0.2, 0.25) is 6.29 Å². The van der Waals surface area contributed by atoms with Gasteiger partial charge in [0.15, 0.2) is 0 Å². The Morgan fingerprint density at radius 2 is 1.78 bits per heavy atom. The Balaban J connectivity index is 3.61. The lowest BCUT2D eigenvalue weighted by molar-refractivity contribution is -0.129. The number of benzene rings is 1. The van der Waals surface area contributed by atoms with E-state index in [2.05, 4.69) is 15.9 Å². The van der Waals surface area contributed by atoms with Gasteiger partial charge < -0.3 is 9.64 Å². The molecule has 0 spiro atoms. The van der Waals surface area contributed by atoms with Crippen LogP contribution in [0.3, 0.4) is 0 Å². The molecule has 0 unspecified atom stereocenters. The van der Waals surface area contributed by atoms with Gasteiger partial charge in [-0.15, -0.1) is 0 Å². The van der Waals surface area contributed by atoms with Gasteiger partial charge in [-0.25, -0.2) is 0 Å². The molecular weight excluding hydrogens is 298 g/mol. The number of nitrogens with zero attached hydrogens (tertiary/aromatic N) is 1. The molecule has 0 aliphatic carbocycles. The van der Waals surface area contributed by atoms with Crippen LogP contribution in [0.2, 0.25) is 0 Å². The molecule has 1 rings (SSSR count). The molecule has 1 aromatic carbocycles. The third kappa shape index (κ3) is 2.27. The molecule has 1 aromatic rings. The van der Waals surface area contributed by atoms with Gasteiger partial charge in [0, 0.05) is 11.5 Å². The van der Waals surface area contributed by atoms with Crippen molar-refractivity contribution >= 4 is 33.8 Å². The van der Waals surface area contributed by atoms with Crippen molar-refractivity contribution in [2.24, 2.45) is 0 Å². The SMILES string of the molecule is COc1c(C)c(C)c(Br)c(C)c1N(C)C(=O)C=O. The molecular formula is C13H16BrNO3. The first-order valence-electron chi connectivity index (χ1n) is 5.42. The molecule has 0 saturated carbocycles. The van der Waals surface area contributed by atoms with Gasteiger partial charge >= 0.3 is 0 Å². The normalized spacial score (nSPS) is 10.1. The van der Waals surface area contributed by atoms with Crippen molar-refractivity contribution in [1.82, 2.24) is 0 Å². The average Bonchev–Trinajstić information content (AvgIpc) is 2.38. The average molecular weight is 314 g/mol. The molecule has 18 heavy (non-hydrogen) atoms. The summed E-state index contributed by atoms with van der Waals surface area (Å²) in [6.45, 7) is 5.77. The molecule has 0 heterocycles. The fourth-order valence-electron chi connectivity index (χ4n) is 1.91. The van der Waals surface area contributed by atoms with E-state index in [1.54, 1.807) is 14.2 Å². The molecule has 0 N–H and O–H groups in total. The number of amides is 1. The summed E-state index contributed by atoms with van der Waals surface area (Å²) in [7, 11) is 3.11. The van der Waals surface area contributed by atoms with E-state index >= 15 is 0 Å². The highest BCUT2D eigenvalue weighted by molar-refractivity contribution is 9.10. The third-order valence-electron chi connectivity index (χ3n) is 3.10. The maximum Gasteiger partial charge on any atom is 0.290 e. The van der Waals surface area contributed by atoms with Crippen molar-refractivity contribution in [1.29, 1.82) is 0 Å². The Morgan fingerprint density at radius 1 is 1.22 bits per heavy atom. The second-order valence-electron chi connectivity index (χ2n) is 4.09. The summed E-state index contributed by atoms with van der Waals surface area (Å²) in [5, 5.41) is 0. The largest absolute Gasteiger partial charge is 0.494 e. The molecule has 5 heteroatoms. The van der Waals surface area contributed by atoms with E-state index in [-0.39, 0.29) is 0 Å². The number of methoxy groups -OCH3 is 1. The molecule has 0 aliphatic rings. The number of ether oxygens (including phenoxy) is 1. The minimum atomic E-state index is -0.605. The number of hydrogen-bond donors (Lipinski definition) is 0. The number of aldehydes is 1. The summed E-state index contributed by atoms with van der Waals surface area (Å²) in [4.78, 5) is 23.5. The van der Waals surface area contributed by atoms with Gasteiger partial charge in [0.05, 0.1) is 12.8 Å². The highest BCUT2D eigenvalue weighted by Gasteiger charge is 2.22. The Hall–Kier alpha value is -1.36. The van der Waals surface area contributed by atoms with Crippen LogP contribution in [0, 0.1) is 20.8 Å². The van der Waals surface area contributed by atoms with Gasteiger partial charge in [0.25, 0.3) is 5.91 Å². The molecule has 0 radical (unpaired) electrons. The van der Waals surface area contributed by atoms with Crippen LogP contribution in [0.4, 0.5) is 5.69 Å². The van der Waals surface area contributed by atoms with E-state index in [0.29, 0.717) is 17.7 Å². The van der Waals surface area contributed by atoms with Crippen molar-refractivity contribution in [3.05, 3.63) is 21.2 Å². The predicted octanol–water partition coefficient (Wildman–Crippen LogP) is 2.54. The Bertz CT molecular complexity index is 512. The Labute approximate surface area is 115 Å². The summed E-state index contributed by atoms with van der Waals surface area (Å²) >= 11 is 3.50. The number of carbonyl (C=O) groups excluding carboxylic acids is 2. The summed E-state index contributed by atoms with van der Waals surface area (Å²) in [5.41, 5.74) is 3.48. The lowest BCUT2D eigenvalue weighted by atomic mass is 10.0. The molecule has 0 atom stereocenters. The summed E-state index contributed by atoms with van der Waals surface area (Å²) in [6, 6.07) is 0. The molecule has 0 bridgehead atoms. The zero-order valence-electron chi connectivity index (χ0n) is 11.1. The van der Waals surface area contributed by atoms with Gasteiger partial charge in [-0.2, -0.15) is 0 Å². The van der Waals surface area contributed by atoms with Gasteiger partial charge in [0.1, 0.15) is 5.75 Å². The Kier molecular flexibility index (Phi) is 4.51. The van der Waals surface area contributed by atoms with Crippen molar-refractivity contribution < 1.29 is 14.3 Å². The van der Waals surface area contributed by atoms with Crippen molar-refractivity contribution in [3.63, 3.8) is 0 Å². The second-order valence-corrected chi connectivity index (χ2v) is 4.88. The topological polar surface area (TPSA) is 46.6 Å². The maximum atomic E-state index is 11.5. The maximum absolute atomic E-state index is 11.5. The van der Waals surface area contributed by atoms with Gasteiger partial charge in [-0.1, -0.05) is 15.9 Å². The zero-order valence-corrected chi connectivity index (χ0v) is 12.7. The molecule has 1 amide bonds. The number of likely N-dealkylation sites (N-methyl/N-ethyl adjacent to an activating group) is 1. The predicted molar refractivity (Wildman–Crippen MR) is 74.4 cm³/mol. The van der Waals surface area contributed by atoms with Crippen LogP contribution >= 0.6 is 15.9 Å². The highest BCUT2D eigenvalue weighted by atomic mass is 79.9. The summed E-state index contributed by atoms with van der Waals surface area (Å²) in [5.74, 6) is 0.0115. The lowest BCUT2D eigenvalue weighted by Crippen LogP contribution is -2.28. The first-order valence-corrected chi connectivity index (χ1v) is 6.22. The van der Waals surface area contributed by atoms with Crippen LogP contribution in [0.5, 0.6) is 5.75 Å². The quantitative estimate of drug-likeness (QED) is 0.636. The van der Waals surface area contributed by atoms with Gasteiger partial charge in [-0.3, -0.25) is 9.59 Å². The molecule has 0 aromatic heterocycles. The van der Waals surface area contributed by atoms with E-state index in [4.69, 9.17) is 4.74 Å². The van der Waals surface area contributed by atoms with E-state index < -0.39 is 5.91 Å². The number of anilines is 1. The van der Waals surface area contributed by atoms with Crippen LogP contribution in [-0.2, 0) is 9.59 Å². The van der Waals surface area contributed by atoms with E-state index in [1.165, 1.54) is 4.90 Å². The van der Waals surface area contributed by atoms with Crippen molar-refractivity contribution in [2.75, 3.05) is 19.1 Å². The smallest absolute Gasteiger partial charge is 0.290 e. The molecule has 0 aliphatic heterocycles. The van der Waals surface area contributed by atoms with E-state index in [9.17, 15) is 9.59 Å². The van der Waals surface area contributed by atoms with E-state index in [1.807, 2.05) is 20.8 Å². The van der Waals surface area contributed by atoms with Gasteiger partial charge in [-0.05, 0) is 37.5 Å². The lowest BCUT2D eigenvalue weighted by Gasteiger charge is -2.24. The second kappa shape index (κ2) is 5.52. The van der Waals surface area contributed by atoms with Crippen LogP contribution in [0.1, 0.15) is 16.7 Å². The van der Waals surface area contributed by atoms with Crippen LogP contribution < -0.4 is 9.64 Å². The monoisotopic (exact) mass is 313 g/mol. The summed E-state index contributed by atoms with van der Waals surface area (Å²) < 4.78 is 6.30. The highest BCUT2D eigenvalue weighted by Crippen LogP contribution is 2.41. The van der Waals surface area contributed by atoms with Crippen LogP contribution in [0.25, 0.3) is 0 Å². The zero-order chi connectivity index (χ0) is 14.0. The minimum absolute atomic E-state index is 0.294. The number of hydrogen-bond acceptors (Lipinski definition) is 3. The van der Waals surface area contributed by atoms with E-state index in [0.717, 1.165) is 21.2 Å². The van der Waals surface area contributed by atoms with Crippen LogP contribution in [0.15, 0.2) is 4.47 Å². The first kappa shape index (κ1) is 14.7. The molecule has 4 nitrogen and oxygen atoms in total. The van der Waals surface area contributed by atoms with Crippen molar-refractivity contribution in [3.8, 4) is 5.75 Å². The van der Waals surface area contributed by atoms with Crippen molar-refractivity contribution in [2.45, 2.75) is 20.8 Å². The molecule has 0 saturated heterocycles. The fraction of sp³-hybridized carbons (Fsp3) is 0.385. The summed E-state index contributed by atoms with van der Waals surface area (Å²) in [6.07, 6.45) is 0.294. The number of halogens is 1. The first-order chi connectivity index (χ1) is 8.36. The van der Waals surface area contributed by atoms with Crippen LogP contribution in [-0.4, -0.2) is 26.4 Å². The number of rotatable bonds is 3. The number of carbonyl (C=O) groups is 2.